The van der Waals surface area contributed by atoms with Crippen LogP contribution in [0.5, 0.6) is 0 Å². The molecule has 1 aromatic rings. The van der Waals surface area contributed by atoms with Crippen molar-refractivity contribution in [3.63, 3.8) is 0 Å². The molecule has 0 aliphatic rings. The number of nitrogens with one attached hydrogen (secondary N) is 1. The standard InChI is InChI=1S/C12H15Br2N/c1-3-5-12(15-4-2)9-6-10(13)8-11(14)7-9/h3,6-8,12,15H,1,4-5H2,2H3. The SMILES string of the molecule is C=CCC(NCC)c1cc(Br)cc(Br)c1. The van der Waals surface area contributed by atoms with E-state index in [1.54, 1.807) is 0 Å². The molecule has 0 spiro atoms. The van der Waals surface area contributed by atoms with Crippen molar-refractivity contribution >= 4 is 31.9 Å². The summed E-state index contributed by atoms with van der Waals surface area (Å²) in [7, 11) is 0. The molecule has 1 unspecified atom stereocenters. The summed E-state index contributed by atoms with van der Waals surface area (Å²) < 4.78 is 2.19. The van der Waals surface area contributed by atoms with E-state index in [2.05, 4.69) is 62.8 Å². The van der Waals surface area contributed by atoms with Crippen LogP contribution < -0.4 is 5.32 Å². The first-order valence-corrected chi connectivity index (χ1v) is 6.56. The number of hydrogen-bond donors (Lipinski definition) is 1. The first-order chi connectivity index (χ1) is 7.17. The maximum absolute atomic E-state index is 3.79. The molecule has 0 fully saturated rings. The monoisotopic (exact) mass is 331 g/mol. The third kappa shape index (κ3) is 4.09. The van der Waals surface area contributed by atoms with E-state index in [0.29, 0.717) is 6.04 Å². The maximum atomic E-state index is 3.79. The van der Waals surface area contributed by atoms with Gasteiger partial charge in [0.1, 0.15) is 0 Å². The lowest BCUT2D eigenvalue weighted by atomic mass is 10.0. The van der Waals surface area contributed by atoms with Crippen LogP contribution in [-0.2, 0) is 0 Å². The van der Waals surface area contributed by atoms with Gasteiger partial charge in [-0.2, -0.15) is 0 Å². The van der Waals surface area contributed by atoms with Gasteiger partial charge in [0.05, 0.1) is 0 Å². The number of halogens is 2. The molecule has 1 N–H and O–H groups in total. The Balaban J connectivity index is 2.93. The van der Waals surface area contributed by atoms with Crippen LogP contribution in [0, 0.1) is 0 Å². The van der Waals surface area contributed by atoms with E-state index in [0.717, 1.165) is 21.9 Å². The van der Waals surface area contributed by atoms with Crippen molar-refractivity contribution in [2.24, 2.45) is 0 Å². The lowest BCUT2D eigenvalue weighted by Crippen LogP contribution is -2.20. The van der Waals surface area contributed by atoms with Gasteiger partial charge in [0.2, 0.25) is 0 Å². The minimum Gasteiger partial charge on any atom is -0.310 e. The predicted molar refractivity (Wildman–Crippen MR) is 73.1 cm³/mol. The van der Waals surface area contributed by atoms with E-state index in [-0.39, 0.29) is 0 Å². The molecule has 3 heteroatoms. The van der Waals surface area contributed by atoms with E-state index in [9.17, 15) is 0 Å². The lowest BCUT2D eigenvalue weighted by Gasteiger charge is -2.17. The molecule has 1 atom stereocenters. The van der Waals surface area contributed by atoms with E-state index < -0.39 is 0 Å². The van der Waals surface area contributed by atoms with Crippen molar-refractivity contribution in [1.29, 1.82) is 0 Å². The van der Waals surface area contributed by atoms with E-state index >= 15 is 0 Å². The Morgan fingerprint density at radius 1 is 1.33 bits per heavy atom. The fourth-order valence-corrected chi connectivity index (χ4v) is 2.86. The Morgan fingerprint density at radius 2 is 1.93 bits per heavy atom. The second-order valence-electron chi connectivity index (χ2n) is 3.34. The average molecular weight is 333 g/mol. The van der Waals surface area contributed by atoms with Gasteiger partial charge in [-0.3, -0.25) is 0 Å². The first kappa shape index (κ1) is 12.9. The van der Waals surface area contributed by atoms with Crippen LogP contribution in [-0.4, -0.2) is 6.54 Å². The third-order valence-corrected chi connectivity index (χ3v) is 3.06. The number of hydrogen-bond acceptors (Lipinski definition) is 1. The average Bonchev–Trinajstić information content (AvgIpc) is 2.16. The normalized spacial score (nSPS) is 12.5. The zero-order valence-electron chi connectivity index (χ0n) is 8.76. The number of rotatable bonds is 5. The van der Waals surface area contributed by atoms with E-state index in [4.69, 9.17) is 0 Å². The topological polar surface area (TPSA) is 12.0 Å². The Hall–Kier alpha value is -0.120. The molecule has 82 valence electrons. The Kier molecular flexibility index (Phi) is 5.58. The van der Waals surface area contributed by atoms with Crippen LogP contribution in [0.1, 0.15) is 24.9 Å². The highest BCUT2D eigenvalue weighted by Crippen LogP contribution is 2.25. The van der Waals surface area contributed by atoms with Crippen LogP contribution in [0.3, 0.4) is 0 Å². The van der Waals surface area contributed by atoms with Gasteiger partial charge >= 0.3 is 0 Å². The zero-order valence-corrected chi connectivity index (χ0v) is 11.9. The Labute approximate surface area is 108 Å². The second kappa shape index (κ2) is 6.46. The first-order valence-electron chi connectivity index (χ1n) is 4.97. The molecular weight excluding hydrogens is 318 g/mol. The molecule has 1 aromatic carbocycles. The summed E-state index contributed by atoms with van der Waals surface area (Å²) in [6.45, 7) is 6.86. The van der Waals surface area contributed by atoms with Crippen molar-refractivity contribution in [3.8, 4) is 0 Å². The molecule has 0 aromatic heterocycles. The maximum Gasteiger partial charge on any atom is 0.0355 e. The molecule has 1 nitrogen and oxygen atoms in total. The summed E-state index contributed by atoms with van der Waals surface area (Å²) in [4.78, 5) is 0. The molecule has 15 heavy (non-hydrogen) atoms. The minimum atomic E-state index is 0.348. The van der Waals surface area contributed by atoms with Crippen molar-refractivity contribution in [2.45, 2.75) is 19.4 Å². The van der Waals surface area contributed by atoms with Gasteiger partial charge < -0.3 is 5.32 Å². The van der Waals surface area contributed by atoms with Crippen LogP contribution in [0.2, 0.25) is 0 Å². The molecule has 1 rings (SSSR count). The fraction of sp³-hybridized carbons (Fsp3) is 0.333. The van der Waals surface area contributed by atoms with Crippen LogP contribution in [0.4, 0.5) is 0 Å². The van der Waals surface area contributed by atoms with Gasteiger partial charge in [0, 0.05) is 15.0 Å². The highest BCUT2D eigenvalue weighted by atomic mass is 79.9. The summed E-state index contributed by atoms with van der Waals surface area (Å²) in [5.41, 5.74) is 1.28. The van der Waals surface area contributed by atoms with Crippen molar-refractivity contribution in [3.05, 3.63) is 45.4 Å². The minimum absolute atomic E-state index is 0.348. The molecule has 0 heterocycles. The summed E-state index contributed by atoms with van der Waals surface area (Å²) in [6, 6.07) is 6.67. The lowest BCUT2D eigenvalue weighted by molar-refractivity contribution is 0.558. The largest absolute Gasteiger partial charge is 0.310 e. The van der Waals surface area contributed by atoms with Crippen molar-refractivity contribution in [2.75, 3.05) is 6.54 Å². The summed E-state index contributed by atoms with van der Waals surface area (Å²) in [6.07, 6.45) is 2.89. The summed E-state index contributed by atoms with van der Waals surface area (Å²) in [5, 5.41) is 3.44. The second-order valence-corrected chi connectivity index (χ2v) is 5.17. The third-order valence-electron chi connectivity index (χ3n) is 2.14. The molecule has 0 aliphatic carbocycles. The smallest absolute Gasteiger partial charge is 0.0355 e. The van der Waals surface area contributed by atoms with Crippen LogP contribution in [0.25, 0.3) is 0 Å². The Morgan fingerprint density at radius 3 is 2.40 bits per heavy atom. The van der Waals surface area contributed by atoms with Gasteiger partial charge in [-0.05, 0) is 36.7 Å². The quantitative estimate of drug-likeness (QED) is 0.786. The molecule has 0 radical (unpaired) electrons. The van der Waals surface area contributed by atoms with Gasteiger partial charge in [-0.1, -0.05) is 44.9 Å². The highest BCUT2D eigenvalue weighted by Gasteiger charge is 2.09. The summed E-state index contributed by atoms with van der Waals surface area (Å²) in [5.74, 6) is 0. The van der Waals surface area contributed by atoms with Crippen molar-refractivity contribution < 1.29 is 0 Å². The molecule has 0 saturated heterocycles. The summed E-state index contributed by atoms with van der Waals surface area (Å²) >= 11 is 7.00. The molecule has 0 bridgehead atoms. The fourth-order valence-electron chi connectivity index (χ4n) is 1.53. The van der Waals surface area contributed by atoms with E-state index in [1.165, 1.54) is 5.56 Å². The molecule has 0 saturated carbocycles. The van der Waals surface area contributed by atoms with Gasteiger partial charge in [0.25, 0.3) is 0 Å². The van der Waals surface area contributed by atoms with E-state index in [1.807, 2.05) is 12.1 Å². The molecular formula is C12H15Br2N. The molecule has 0 aliphatic heterocycles. The number of benzene rings is 1. The van der Waals surface area contributed by atoms with Crippen LogP contribution >= 0.6 is 31.9 Å². The van der Waals surface area contributed by atoms with Gasteiger partial charge in [-0.15, -0.1) is 6.58 Å². The van der Waals surface area contributed by atoms with Crippen molar-refractivity contribution in [1.82, 2.24) is 5.32 Å². The Bertz CT molecular complexity index is 316. The highest BCUT2D eigenvalue weighted by molar-refractivity contribution is 9.11. The van der Waals surface area contributed by atoms with Gasteiger partial charge in [-0.25, -0.2) is 0 Å². The molecule has 0 amide bonds. The predicted octanol–water partition coefficient (Wildman–Crippen LogP) is 4.44. The van der Waals surface area contributed by atoms with Crippen LogP contribution in [0.15, 0.2) is 39.8 Å². The van der Waals surface area contributed by atoms with Gasteiger partial charge in [0.15, 0.2) is 0 Å². The zero-order chi connectivity index (χ0) is 11.3.